The average Bonchev–Trinajstić information content (AvgIpc) is 0.776. The monoisotopic (exact) mass is 1500 g/mol. The van der Waals surface area contributed by atoms with E-state index in [1.165, 1.54) is 6.92 Å². The molecule has 0 aliphatic carbocycles. The van der Waals surface area contributed by atoms with Crippen LogP contribution >= 0.6 is 0 Å². The molecule has 0 aromatic heterocycles. The van der Waals surface area contributed by atoms with Crippen LogP contribution in [0.1, 0.15) is 6.92 Å². The molecule has 9 aliphatic rings. The molecule has 47 heteroatoms. The Labute approximate surface area is 573 Å². The number of aliphatic hydroxyl groups excluding tert-OH is 26. The third-order valence-electron chi connectivity index (χ3n) is 18.9. The third kappa shape index (κ3) is 17.0. The number of carbonyl (C=O) groups is 2. The van der Waals surface area contributed by atoms with Gasteiger partial charge in [0.1, 0.15) is 208 Å². The number of carboxylic acid groups (broad SMARTS) is 2. The Morgan fingerprint density at radius 3 is 0.804 bits per heavy atom. The summed E-state index contributed by atoms with van der Waals surface area (Å²) in [6, 6.07) is 0. The van der Waals surface area contributed by atoms with Gasteiger partial charge in [0.15, 0.2) is 62.5 Å². The highest BCUT2D eigenvalue weighted by Gasteiger charge is 2.61. The maximum atomic E-state index is 12.5. The first-order valence-corrected chi connectivity index (χ1v) is 32.0. The number of aliphatic hydroxyl groups is 26. The van der Waals surface area contributed by atoms with Crippen LogP contribution in [0.4, 0.5) is 0 Å². The van der Waals surface area contributed by atoms with E-state index in [-0.39, 0.29) is 0 Å². The normalized spacial score (nSPS) is 52.8. The molecule has 9 heterocycles. The van der Waals surface area contributed by atoms with Crippen molar-refractivity contribution < 1.29 is 233 Å². The van der Waals surface area contributed by atoms with Gasteiger partial charge in [-0.3, -0.25) is 0 Å². The topological polar surface area (TPSA) is 757 Å². The highest BCUT2D eigenvalue weighted by atomic mass is 16.8. The number of hydrogen-bond donors (Lipinski definition) is 28. The highest BCUT2D eigenvalue weighted by Crippen LogP contribution is 2.40. The second kappa shape index (κ2) is 35.3. The largest absolute Gasteiger partial charge is 0.479 e. The number of ether oxygens (including phenoxy) is 17. The summed E-state index contributed by atoms with van der Waals surface area (Å²) in [6.45, 7) is -6.43. The molecule has 0 saturated carbocycles. The van der Waals surface area contributed by atoms with Crippen LogP contribution in [-0.4, -0.2) is 477 Å². The molecule has 28 N–H and O–H groups in total. The summed E-state index contributed by atoms with van der Waals surface area (Å²) >= 11 is 0. The summed E-state index contributed by atoms with van der Waals surface area (Å²) in [7, 11) is 0. The molecule has 45 atom stereocenters. The molecule has 0 bridgehead atoms. The van der Waals surface area contributed by atoms with E-state index in [0.717, 1.165) is 0 Å². The van der Waals surface area contributed by atoms with Crippen molar-refractivity contribution in [3.8, 4) is 0 Å². The summed E-state index contributed by atoms with van der Waals surface area (Å²) in [6.07, 6.45) is -97.6. The maximum Gasteiger partial charge on any atom is 0.335 e. The molecule has 102 heavy (non-hydrogen) atoms. The summed E-state index contributed by atoms with van der Waals surface area (Å²) in [5.74, 6) is -3.80. The first-order chi connectivity index (χ1) is 48.2. The van der Waals surface area contributed by atoms with Crippen LogP contribution in [0.5, 0.6) is 0 Å². The Balaban J connectivity index is 0.986. The van der Waals surface area contributed by atoms with E-state index >= 15 is 0 Å². The minimum Gasteiger partial charge on any atom is -0.479 e. The van der Waals surface area contributed by atoms with E-state index in [4.69, 9.17) is 80.5 Å². The number of aliphatic carboxylic acids is 2. The van der Waals surface area contributed by atoms with Crippen molar-refractivity contribution in [3.05, 3.63) is 0 Å². The summed E-state index contributed by atoms with van der Waals surface area (Å²) in [4.78, 5) is 24.3. The van der Waals surface area contributed by atoms with Crippen molar-refractivity contribution in [1.29, 1.82) is 0 Å². The van der Waals surface area contributed by atoms with Crippen LogP contribution in [0.25, 0.3) is 0 Å². The van der Waals surface area contributed by atoms with Crippen LogP contribution < -0.4 is 0 Å². The number of carboxylic acids is 2. The van der Waals surface area contributed by atoms with Crippen molar-refractivity contribution in [2.45, 2.75) is 283 Å². The molecular weight excluding hydrogens is 1410 g/mol. The first-order valence-electron chi connectivity index (χ1n) is 32.0. The molecule has 0 amide bonds. The van der Waals surface area contributed by atoms with Gasteiger partial charge in [-0.1, -0.05) is 0 Å². The zero-order valence-electron chi connectivity index (χ0n) is 53.2. The summed E-state index contributed by atoms with van der Waals surface area (Å²) < 4.78 is 95.4. The predicted molar refractivity (Wildman–Crippen MR) is 302 cm³/mol. The lowest BCUT2D eigenvalue weighted by atomic mass is 9.94. The van der Waals surface area contributed by atoms with Crippen LogP contribution in [0.2, 0.25) is 0 Å². The van der Waals surface area contributed by atoms with Crippen LogP contribution in [-0.2, 0) is 90.1 Å². The van der Waals surface area contributed by atoms with Gasteiger partial charge < -0.3 is 224 Å². The molecule has 0 aromatic rings. The molecule has 44 unspecified atom stereocenters. The van der Waals surface area contributed by atoms with Gasteiger partial charge in [0.2, 0.25) is 0 Å². The zero-order valence-corrected chi connectivity index (χ0v) is 53.2. The molecule has 0 aromatic carbocycles. The van der Waals surface area contributed by atoms with Crippen LogP contribution in [0.15, 0.2) is 0 Å². The maximum absolute atomic E-state index is 12.5. The number of rotatable bonds is 25. The SMILES string of the molecule is CC1OC(CO)C(O)C(OC2OC(C(=O)O)C(O)C(OC3OC(CO)C(O)C(OC4OC(COC5OC(CO)C(O)C(OC6OC(CO)C(O)C(OC7OC(C(=O)O)C(O)C(O)C7O)C6O)C5O)C(O)C(OC5OC(CO)C(O)C(OC6OC(CO)C(O)C(O)C6O)C5O)C4O)[C@@H]3O)C2O)C1O. The fraction of sp³-hybridized carbons (Fsp3) is 0.964. The van der Waals surface area contributed by atoms with E-state index in [1.807, 2.05) is 0 Å². The van der Waals surface area contributed by atoms with Gasteiger partial charge in [-0.05, 0) is 6.92 Å². The molecule has 9 aliphatic heterocycles. The lowest BCUT2D eigenvalue weighted by molar-refractivity contribution is -0.400. The van der Waals surface area contributed by atoms with Crippen molar-refractivity contribution in [3.63, 3.8) is 0 Å². The van der Waals surface area contributed by atoms with Gasteiger partial charge in [-0.25, -0.2) is 9.59 Å². The molecule has 592 valence electrons. The van der Waals surface area contributed by atoms with Crippen molar-refractivity contribution in [2.24, 2.45) is 0 Å². The fourth-order valence-corrected chi connectivity index (χ4v) is 13.0. The first kappa shape index (κ1) is 83.3. The predicted octanol–water partition coefficient (Wildman–Crippen LogP) is -19.4. The van der Waals surface area contributed by atoms with E-state index in [2.05, 4.69) is 0 Å². The molecule has 9 saturated heterocycles. The number of hydrogen-bond acceptors (Lipinski definition) is 45. The van der Waals surface area contributed by atoms with Gasteiger partial charge in [0, 0.05) is 0 Å². The standard InChI is InChI=1S/C55H90O47/c1-9-17(62)37(19(64)11(3-57)87-9)94-55-36(81)43(30(75)45(102-55)47(84)85)100-53-34(79)41(23(68)15(7-61)92-53)98-54-35(80)42(99-52-32(77)39(21(66)13(5-59)91-52)95-49-28(73)25(70)18(63)10(2-56)89-49)24(69)16(93-54)8-86-48-31(76)38(20(65)12(4-58)88-48)97-51-33(78)40(22(67)14(6-60)90-51)96-50-29(74)26(71)27(72)44(101-50)46(82)83/h9-45,48-81H,2-8H2,1H3,(H,82,83)(H,84,85)/t9?,10?,11?,12?,13?,14?,15?,16?,17?,18?,19?,20?,21?,22?,23?,24?,25?,26?,27?,28?,29?,30?,31?,32?,33?,34-,35?,36?,37?,38?,39?,40?,41?,42?,43?,44?,45?,48?,49?,50?,51?,52?,53?,54?,55?/m0/s1. The Morgan fingerprint density at radius 2 is 0.471 bits per heavy atom. The Hall–Kier alpha value is -2.78. The van der Waals surface area contributed by atoms with Gasteiger partial charge in [-0.2, -0.15) is 0 Å². The smallest absolute Gasteiger partial charge is 0.335 e. The van der Waals surface area contributed by atoms with E-state index in [0.29, 0.717) is 0 Å². The Bertz CT molecular complexity index is 2630. The van der Waals surface area contributed by atoms with Gasteiger partial charge in [0.05, 0.1) is 52.4 Å². The van der Waals surface area contributed by atoms with Crippen molar-refractivity contribution >= 4 is 11.9 Å². The molecular formula is C55H90O47. The Kier molecular flexibility index (Phi) is 28.8. The molecule has 0 spiro atoms. The summed E-state index contributed by atoms with van der Waals surface area (Å²) in [5.41, 5.74) is 0. The zero-order chi connectivity index (χ0) is 75.1. The van der Waals surface area contributed by atoms with Gasteiger partial charge in [-0.15, -0.1) is 0 Å². The molecule has 9 rings (SSSR count). The fourth-order valence-electron chi connectivity index (χ4n) is 13.0. The molecule has 0 radical (unpaired) electrons. The summed E-state index contributed by atoms with van der Waals surface area (Å²) in [5, 5.41) is 305. The van der Waals surface area contributed by atoms with E-state index in [1.54, 1.807) is 0 Å². The third-order valence-corrected chi connectivity index (χ3v) is 18.9. The lowest BCUT2D eigenvalue weighted by Crippen LogP contribution is -2.69. The van der Waals surface area contributed by atoms with Gasteiger partial charge in [0.25, 0.3) is 0 Å². The minimum absolute atomic E-state index is 0.837. The highest BCUT2D eigenvalue weighted by molar-refractivity contribution is 5.74. The lowest BCUT2D eigenvalue weighted by Gasteiger charge is -2.50. The van der Waals surface area contributed by atoms with Crippen molar-refractivity contribution in [1.82, 2.24) is 0 Å². The van der Waals surface area contributed by atoms with Crippen LogP contribution in [0, 0.1) is 0 Å². The quantitative estimate of drug-likeness (QED) is 0.0404. The van der Waals surface area contributed by atoms with E-state index in [9.17, 15) is 153 Å². The minimum atomic E-state index is -2.58. The Morgan fingerprint density at radius 1 is 0.245 bits per heavy atom. The van der Waals surface area contributed by atoms with Gasteiger partial charge >= 0.3 is 11.9 Å². The van der Waals surface area contributed by atoms with E-state index < -0.39 is 334 Å². The second-order valence-corrected chi connectivity index (χ2v) is 25.6. The molecule has 9 fully saturated rings. The van der Waals surface area contributed by atoms with Crippen molar-refractivity contribution in [2.75, 3.05) is 46.2 Å². The average molecular weight is 1500 g/mol. The second-order valence-electron chi connectivity index (χ2n) is 25.6. The van der Waals surface area contributed by atoms with Crippen LogP contribution in [0.3, 0.4) is 0 Å². The molecule has 47 nitrogen and oxygen atoms in total.